The normalized spacial score (nSPS) is 10.6. The zero-order chi connectivity index (χ0) is 17.1. The van der Waals surface area contributed by atoms with Crippen LogP contribution in [0.4, 0.5) is 4.39 Å². The van der Waals surface area contributed by atoms with E-state index in [1.165, 1.54) is 24.3 Å². The largest absolute Gasteiger partial charge is 0.343 e. The monoisotopic (exact) mass is 365 g/mol. The molecule has 0 fully saturated rings. The summed E-state index contributed by atoms with van der Waals surface area (Å²) in [4.78, 5) is 16.1. The number of amides is 1. The maximum Gasteiger partial charge on any atom is 0.251 e. The van der Waals surface area contributed by atoms with Gasteiger partial charge in [0.05, 0.1) is 22.2 Å². The number of nitrogens with zero attached hydrogens (tertiary/aromatic N) is 2. The van der Waals surface area contributed by atoms with Crippen LogP contribution in [-0.2, 0) is 6.54 Å². The van der Waals surface area contributed by atoms with Gasteiger partial charge in [-0.15, -0.1) is 0 Å². The van der Waals surface area contributed by atoms with Crippen LogP contribution in [0, 0.1) is 5.82 Å². The Morgan fingerprint density at radius 2 is 1.96 bits per heavy atom. The van der Waals surface area contributed by atoms with Gasteiger partial charge in [-0.3, -0.25) is 4.79 Å². The Kier molecular flexibility index (Phi) is 4.78. The van der Waals surface area contributed by atoms with Crippen LogP contribution in [0.1, 0.15) is 16.2 Å². The van der Waals surface area contributed by atoms with Crippen molar-refractivity contribution in [1.82, 2.24) is 15.5 Å². The second-order valence-electron chi connectivity index (χ2n) is 4.80. The van der Waals surface area contributed by atoms with Crippen molar-refractivity contribution < 1.29 is 13.7 Å². The predicted molar refractivity (Wildman–Crippen MR) is 87.3 cm³/mol. The minimum atomic E-state index is -0.454. The molecule has 0 atom stereocenters. The first kappa shape index (κ1) is 16.4. The molecule has 1 amide bonds. The highest BCUT2D eigenvalue weighted by Gasteiger charge is 2.14. The molecule has 0 aliphatic rings. The van der Waals surface area contributed by atoms with Crippen LogP contribution >= 0.6 is 23.2 Å². The number of rotatable bonds is 4. The van der Waals surface area contributed by atoms with Crippen molar-refractivity contribution in [3.05, 3.63) is 69.8 Å². The Hall–Kier alpha value is -2.44. The maximum atomic E-state index is 13.7. The van der Waals surface area contributed by atoms with Gasteiger partial charge in [-0.05, 0) is 30.3 Å². The Balaban J connectivity index is 1.68. The molecule has 0 bridgehead atoms. The lowest BCUT2D eigenvalue weighted by molar-refractivity contribution is 0.0946. The SMILES string of the molecule is O=C(NCc1nc(-c2ccccc2F)no1)c1ccc(Cl)c(Cl)c1. The quantitative estimate of drug-likeness (QED) is 0.755. The number of hydrogen-bond donors (Lipinski definition) is 1. The van der Waals surface area contributed by atoms with Crippen molar-refractivity contribution in [1.29, 1.82) is 0 Å². The molecule has 0 saturated heterocycles. The number of carbonyl (C=O) groups excluding carboxylic acids is 1. The van der Waals surface area contributed by atoms with E-state index in [0.29, 0.717) is 10.6 Å². The summed E-state index contributed by atoms with van der Waals surface area (Å²) in [6.07, 6.45) is 0. The standard InChI is InChI=1S/C16H10Cl2FN3O2/c17-11-6-5-9(7-12(11)18)16(23)20-8-14-21-15(22-24-14)10-3-1-2-4-13(10)19/h1-7H,8H2,(H,20,23). The van der Waals surface area contributed by atoms with Crippen LogP contribution in [0.15, 0.2) is 47.0 Å². The molecule has 122 valence electrons. The third-order valence-corrected chi connectivity index (χ3v) is 3.90. The minimum absolute atomic E-state index is 0.000527. The lowest BCUT2D eigenvalue weighted by atomic mass is 10.2. The Morgan fingerprint density at radius 1 is 1.17 bits per heavy atom. The van der Waals surface area contributed by atoms with Crippen molar-refractivity contribution >= 4 is 29.1 Å². The van der Waals surface area contributed by atoms with E-state index in [0.717, 1.165) is 0 Å². The van der Waals surface area contributed by atoms with E-state index in [1.54, 1.807) is 18.2 Å². The lowest BCUT2D eigenvalue weighted by Gasteiger charge is -2.03. The summed E-state index contributed by atoms with van der Waals surface area (Å²) in [5.74, 6) is -0.558. The smallest absolute Gasteiger partial charge is 0.251 e. The molecule has 0 spiro atoms. The average Bonchev–Trinajstić information content (AvgIpc) is 3.04. The summed E-state index contributed by atoms with van der Waals surface area (Å²) in [7, 11) is 0. The molecule has 8 heteroatoms. The summed E-state index contributed by atoms with van der Waals surface area (Å²) in [5.41, 5.74) is 0.571. The van der Waals surface area contributed by atoms with E-state index in [9.17, 15) is 9.18 Å². The molecule has 0 aliphatic carbocycles. The average molecular weight is 366 g/mol. The Morgan fingerprint density at radius 3 is 2.71 bits per heavy atom. The van der Waals surface area contributed by atoms with Crippen molar-refractivity contribution in [3.63, 3.8) is 0 Å². The second kappa shape index (κ2) is 6.98. The van der Waals surface area contributed by atoms with E-state index < -0.39 is 5.82 Å². The highest BCUT2D eigenvalue weighted by Crippen LogP contribution is 2.22. The third kappa shape index (κ3) is 3.55. The molecule has 3 rings (SSSR count). The zero-order valence-electron chi connectivity index (χ0n) is 12.1. The molecule has 1 aromatic heterocycles. The van der Waals surface area contributed by atoms with Crippen molar-refractivity contribution in [2.24, 2.45) is 0 Å². The van der Waals surface area contributed by atoms with Gasteiger partial charge in [-0.2, -0.15) is 4.98 Å². The minimum Gasteiger partial charge on any atom is -0.343 e. The number of aromatic nitrogens is 2. The van der Waals surface area contributed by atoms with Crippen LogP contribution in [0.2, 0.25) is 10.0 Å². The molecule has 0 aliphatic heterocycles. The molecule has 0 radical (unpaired) electrons. The van der Waals surface area contributed by atoms with Crippen molar-refractivity contribution in [2.45, 2.75) is 6.54 Å². The topological polar surface area (TPSA) is 68.0 Å². The first-order chi connectivity index (χ1) is 11.5. The van der Waals surface area contributed by atoms with E-state index in [2.05, 4.69) is 15.5 Å². The Labute approximate surface area is 146 Å². The summed E-state index contributed by atoms with van der Waals surface area (Å²) in [6, 6.07) is 10.6. The molecule has 2 aromatic carbocycles. The first-order valence-corrected chi connectivity index (χ1v) is 7.61. The number of nitrogens with one attached hydrogen (secondary N) is 1. The van der Waals surface area contributed by atoms with Gasteiger partial charge in [0.2, 0.25) is 11.7 Å². The molecular formula is C16H10Cl2FN3O2. The first-order valence-electron chi connectivity index (χ1n) is 6.85. The van der Waals surface area contributed by atoms with Crippen LogP contribution in [0.3, 0.4) is 0 Å². The molecule has 0 unspecified atom stereocenters. The van der Waals surface area contributed by atoms with Gasteiger partial charge in [0.25, 0.3) is 5.91 Å². The number of halogens is 3. The molecule has 24 heavy (non-hydrogen) atoms. The number of benzene rings is 2. The molecule has 1 N–H and O–H groups in total. The fraction of sp³-hybridized carbons (Fsp3) is 0.0625. The van der Waals surface area contributed by atoms with Gasteiger partial charge >= 0.3 is 0 Å². The number of carbonyl (C=O) groups is 1. The van der Waals surface area contributed by atoms with E-state index in [1.807, 2.05) is 0 Å². The van der Waals surface area contributed by atoms with Gasteiger partial charge in [-0.25, -0.2) is 4.39 Å². The summed E-state index contributed by atoms with van der Waals surface area (Å²) < 4.78 is 18.7. The highest BCUT2D eigenvalue weighted by molar-refractivity contribution is 6.42. The molecule has 5 nitrogen and oxygen atoms in total. The van der Waals surface area contributed by atoms with Gasteiger partial charge in [0.15, 0.2) is 0 Å². The molecule has 1 heterocycles. The predicted octanol–water partition coefficient (Wildman–Crippen LogP) is 4.11. The fourth-order valence-corrected chi connectivity index (χ4v) is 2.27. The lowest BCUT2D eigenvalue weighted by Crippen LogP contribution is -2.22. The van der Waals surface area contributed by atoms with Gasteiger partial charge in [0, 0.05) is 5.56 Å². The van der Waals surface area contributed by atoms with E-state index >= 15 is 0 Å². The van der Waals surface area contributed by atoms with Gasteiger partial charge in [-0.1, -0.05) is 40.5 Å². The van der Waals surface area contributed by atoms with Crippen molar-refractivity contribution in [3.8, 4) is 11.4 Å². The van der Waals surface area contributed by atoms with E-state index in [-0.39, 0.29) is 34.8 Å². The Bertz CT molecular complexity index is 899. The third-order valence-electron chi connectivity index (χ3n) is 3.16. The highest BCUT2D eigenvalue weighted by atomic mass is 35.5. The molecule has 0 saturated carbocycles. The van der Waals surface area contributed by atoms with Gasteiger partial charge in [0.1, 0.15) is 5.82 Å². The van der Waals surface area contributed by atoms with Crippen LogP contribution in [0.25, 0.3) is 11.4 Å². The zero-order valence-corrected chi connectivity index (χ0v) is 13.6. The maximum absolute atomic E-state index is 13.7. The van der Waals surface area contributed by atoms with Gasteiger partial charge < -0.3 is 9.84 Å². The summed E-state index contributed by atoms with van der Waals surface area (Å²) >= 11 is 11.7. The number of hydrogen-bond acceptors (Lipinski definition) is 4. The van der Waals surface area contributed by atoms with E-state index in [4.69, 9.17) is 27.7 Å². The summed E-state index contributed by atoms with van der Waals surface area (Å²) in [5, 5.41) is 6.96. The second-order valence-corrected chi connectivity index (χ2v) is 5.62. The van der Waals surface area contributed by atoms with Crippen LogP contribution in [0.5, 0.6) is 0 Å². The summed E-state index contributed by atoms with van der Waals surface area (Å²) in [6.45, 7) is 0.000527. The fourth-order valence-electron chi connectivity index (χ4n) is 1.97. The molecular weight excluding hydrogens is 356 g/mol. The van der Waals surface area contributed by atoms with Crippen molar-refractivity contribution in [2.75, 3.05) is 0 Å². The van der Waals surface area contributed by atoms with Crippen LogP contribution in [-0.4, -0.2) is 16.0 Å². The van der Waals surface area contributed by atoms with Crippen LogP contribution < -0.4 is 5.32 Å². The molecule has 3 aromatic rings.